The van der Waals surface area contributed by atoms with E-state index in [-0.39, 0.29) is 5.41 Å². The van der Waals surface area contributed by atoms with Gasteiger partial charge in [0.2, 0.25) is 0 Å². The van der Waals surface area contributed by atoms with E-state index in [1.165, 1.54) is 11.3 Å². The smallest absolute Gasteiger partial charge is 0.116 e. The van der Waals surface area contributed by atoms with E-state index < -0.39 is 0 Å². The van der Waals surface area contributed by atoms with Crippen LogP contribution in [0.15, 0.2) is 12.4 Å². The lowest BCUT2D eigenvalue weighted by Crippen LogP contribution is -2.18. The van der Waals surface area contributed by atoms with Crippen molar-refractivity contribution in [3.63, 3.8) is 0 Å². The van der Waals surface area contributed by atoms with E-state index in [1.807, 2.05) is 13.8 Å². The van der Waals surface area contributed by atoms with Crippen LogP contribution in [0.4, 0.5) is 0 Å². The highest BCUT2D eigenvalue weighted by molar-refractivity contribution is 5.53. The third-order valence-electron chi connectivity index (χ3n) is 2.53. The fraction of sp³-hybridized carbons (Fsp3) is 0.571. The summed E-state index contributed by atoms with van der Waals surface area (Å²) in [4.78, 5) is 8.71. The van der Waals surface area contributed by atoms with Crippen LogP contribution in [0.2, 0.25) is 0 Å². The van der Waals surface area contributed by atoms with Crippen molar-refractivity contribution in [2.45, 2.75) is 52.9 Å². The van der Waals surface area contributed by atoms with Crippen molar-refractivity contribution in [1.29, 1.82) is 0 Å². The Bertz CT molecular complexity index is 373. The molecule has 0 aromatic carbocycles. The Kier molecular flexibility index (Phi) is 4.22. The quantitative estimate of drug-likeness (QED) is 0.662. The first-order chi connectivity index (χ1) is 7.59. The van der Waals surface area contributed by atoms with E-state index in [9.17, 15) is 0 Å². The largest absolute Gasteiger partial charge is 0.241 e. The molecule has 1 aromatic heterocycles. The van der Waals surface area contributed by atoms with Crippen LogP contribution >= 0.6 is 0 Å². The van der Waals surface area contributed by atoms with E-state index >= 15 is 0 Å². The van der Waals surface area contributed by atoms with Crippen molar-refractivity contribution in [2.24, 2.45) is 0 Å². The molecule has 0 spiro atoms. The Labute approximate surface area is 98.8 Å². The molecule has 0 fully saturated rings. The predicted molar refractivity (Wildman–Crippen MR) is 69.4 cm³/mol. The molecule has 88 valence electrons. The van der Waals surface area contributed by atoms with Crippen LogP contribution in [0.25, 0.3) is 6.08 Å². The Morgan fingerprint density at radius 1 is 1.12 bits per heavy atom. The van der Waals surface area contributed by atoms with Gasteiger partial charge in [-0.3, -0.25) is 0 Å². The lowest BCUT2D eigenvalue weighted by Gasteiger charge is -2.23. The first kappa shape index (κ1) is 12.9. The molecule has 2 heteroatoms. The van der Waals surface area contributed by atoms with Crippen LogP contribution in [0, 0.1) is 0 Å². The molecule has 0 radical (unpaired) electrons. The van der Waals surface area contributed by atoms with Crippen molar-refractivity contribution in [1.82, 2.24) is 9.97 Å². The van der Waals surface area contributed by atoms with E-state index in [0.29, 0.717) is 0 Å². The monoisotopic (exact) mass is 218 g/mol. The van der Waals surface area contributed by atoms with Gasteiger partial charge in [-0.2, -0.15) is 0 Å². The van der Waals surface area contributed by atoms with E-state index in [4.69, 9.17) is 0 Å². The maximum absolute atomic E-state index is 4.42. The van der Waals surface area contributed by atoms with Gasteiger partial charge in [0.1, 0.15) is 6.33 Å². The van der Waals surface area contributed by atoms with Gasteiger partial charge in [0, 0.05) is 11.0 Å². The summed E-state index contributed by atoms with van der Waals surface area (Å²) in [5.41, 5.74) is 3.77. The normalized spacial score (nSPS) is 13.8. The van der Waals surface area contributed by atoms with Crippen LogP contribution in [0.5, 0.6) is 0 Å². The highest BCUT2D eigenvalue weighted by atomic mass is 14.9. The fourth-order valence-corrected chi connectivity index (χ4v) is 1.88. The van der Waals surface area contributed by atoms with Gasteiger partial charge in [0.25, 0.3) is 0 Å². The van der Waals surface area contributed by atoms with E-state index in [2.05, 4.69) is 42.9 Å². The number of hydrogen-bond acceptors (Lipinski definition) is 2. The SMILES string of the molecule is CC.CC(C)(C)c1ncnc2c1CCC=C2. The summed E-state index contributed by atoms with van der Waals surface area (Å²) in [6.45, 7) is 10.6. The van der Waals surface area contributed by atoms with Crippen molar-refractivity contribution in [3.8, 4) is 0 Å². The predicted octanol–water partition coefficient (Wildman–Crippen LogP) is 3.76. The fourth-order valence-electron chi connectivity index (χ4n) is 1.88. The summed E-state index contributed by atoms with van der Waals surface area (Å²) in [7, 11) is 0. The third kappa shape index (κ3) is 2.69. The maximum Gasteiger partial charge on any atom is 0.116 e. The minimum atomic E-state index is 0.123. The second kappa shape index (κ2) is 5.24. The van der Waals surface area contributed by atoms with Gasteiger partial charge in [0.15, 0.2) is 0 Å². The molecule has 2 rings (SSSR count). The molecule has 1 aliphatic rings. The molecular weight excluding hydrogens is 196 g/mol. The number of rotatable bonds is 0. The van der Waals surface area contributed by atoms with Gasteiger partial charge in [-0.05, 0) is 18.9 Å². The van der Waals surface area contributed by atoms with Crippen molar-refractivity contribution in [2.75, 3.05) is 0 Å². The molecule has 0 bridgehead atoms. The molecular formula is C14H22N2. The second-order valence-electron chi connectivity index (χ2n) is 4.78. The number of aromatic nitrogens is 2. The average Bonchev–Trinajstić information content (AvgIpc) is 2.30. The number of fused-ring (bicyclic) bond motifs is 1. The van der Waals surface area contributed by atoms with Gasteiger partial charge in [-0.15, -0.1) is 0 Å². The number of hydrogen-bond donors (Lipinski definition) is 0. The molecule has 0 saturated carbocycles. The summed E-state index contributed by atoms with van der Waals surface area (Å²) in [5.74, 6) is 0. The van der Waals surface area contributed by atoms with Gasteiger partial charge in [-0.1, -0.05) is 40.7 Å². The van der Waals surface area contributed by atoms with Crippen LogP contribution < -0.4 is 0 Å². The first-order valence-corrected chi connectivity index (χ1v) is 6.10. The summed E-state index contributed by atoms with van der Waals surface area (Å²) in [6.07, 6.45) is 8.16. The van der Waals surface area contributed by atoms with Crippen LogP contribution in [0.1, 0.15) is 58.0 Å². The number of allylic oxidation sites excluding steroid dienone is 1. The Balaban J connectivity index is 0.000000606. The number of nitrogens with zero attached hydrogens (tertiary/aromatic N) is 2. The van der Waals surface area contributed by atoms with E-state index in [0.717, 1.165) is 18.5 Å². The Hall–Kier alpha value is -1.18. The highest BCUT2D eigenvalue weighted by Gasteiger charge is 2.22. The summed E-state index contributed by atoms with van der Waals surface area (Å²) in [6, 6.07) is 0. The molecule has 0 unspecified atom stereocenters. The van der Waals surface area contributed by atoms with Gasteiger partial charge < -0.3 is 0 Å². The molecule has 0 amide bonds. The highest BCUT2D eigenvalue weighted by Crippen LogP contribution is 2.28. The lowest BCUT2D eigenvalue weighted by molar-refractivity contribution is 0.556. The van der Waals surface area contributed by atoms with Gasteiger partial charge in [-0.25, -0.2) is 9.97 Å². The zero-order chi connectivity index (χ0) is 12.2. The molecule has 1 heterocycles. The topological polar surface area (TPSA) is 25.8 Å². The van der Waals surface area contributed by atoms with Gasteiger partial charge >= 0.3 is 0 Å². The van der Waals surface area contributed by atoms with Crippen molar-refractivity contribution < 1.29 is 0 Å². The molecule has 2 nitrogen and oxygen atoms in total. The molecule has 1 aliphatic carbocycles. The van der Waals surface area contributed by atoms with Gasteiger partial charge in [0.05, 0.1) is 11.4 Å². The molecule has 0 N–H and O–H groups in total. The zero-order valence-corrected chi connectivity index (χ0v) is 11.0. The maximum atomic E-state index is 4.42. The molecule has 1 aromatic rings. The van der Waals surface area contributed by atoms with Crippen molar-refractivity contribution >= 4 is 6.08 Å². The molecule has 0 aliphatic heterocycles. The summed E-state index contributed by atoms with van der Waals surface area (Å²) in [5, 5.41) is 0. The zero-order valence-electron chi connectivity index (χ0n) is 11.0. The standard InChI is InChI=1S/C12H16N2.C2H6/c1-12(2,3)11-9-6-4-5-7-10(9)13-8-14-11;1-2/h5,7-8H,4,6H2,1-3H3;1-2H3. The van der Waals surface area contributed by atoms with Crippen LogP contribution in [0.3, 0.4) is 0 Å². The molecule has 0 saturated heterocycles. The van der Waals surface area contributed by atoms with Crippen molar-refractivity contribution in [3.05, 3.63) is 29.4 Å². The average molecular weight is 218 g/mol. The third-order valence-corrected chi connectivity index (χ3v) is 2.53. The second-order valence-corrected chi connectivity index (χ2v) is 4.78. The molecule has 0 atom stereocenters. The Morgan fingerprint density at radius 3 is 2.44 bits per heavy atom. The summed E-state index contributed by atoms with van der Waals surface area (Å²) < 4.78 is 0. The van der Waals surface area contributed by atoms with Crippen LogP contribution in [-0.4, -0.2) is 9.97 Å². The summed E-state index contributed by atoms with van der Waals surface area (Å²) >= 11 is 0. The van der Waals surface area contributed by atoms with Crippen LogP contribution in [-0.2, 0) is 11.8 Å². The molecule has 16 heavy (non-hydrogen) atoms. The first-order valence-electron chi connectivity index (χ1n) is 6.10. The minimum Gasteiger partial charge on any atom is -0.241 e. The van der Waals surface area contributed by atoms with E-state index in [1.54, 1.807) is 6.33 Å². The minimum absolute atomic E-state index is 0.123. The lowest BCUT2D eigenvalue weighted by atomic mass is 9.85. The Morgan fingerprint density at radius 2 is 1.81 bits per heavy atom.